The van der Waals surface area contributed by atoms with Gasteiger partial charge in [0, 0.05) is 16.6 Å². The molecule has 2 aromatic carbocycles. The Hall–Kier alpha value is -3.19. The number of rotatable bonds is 7. The normalized spacial score (nSPS) is 15.3. The van der Waals surface area contributed by atoms with Gasteiger partial charge in [0.1, 0.15) is 12.3 Å². The Balaban J connectivity index is 1.62. The summed E-state index contributed by atoms with van der Waals surface area (Å²) in [5.74, 6) is 0.373. The molecular formula is C27H31N3O3S. The fraction of sp³-hybridized carbons (Fsp3) is 0.370. The lowest BCUT2D eigenvalue weighted by Gasteiger charge is -2.33. The zero-order valence-electron chi connectivity index (χ0n) is 20.3. The maximum absolute atomic E-state index is 13.1. The third-order valence-corrected chi connectivity index (χ3v) is 6.88. The lowest BCUT2D eigenvalue weighted by molar-refractivity contribution is -0.127. The second-order valence-electron chi connectivity index (χ2n) is 8.99. The minimum Gasteiger partial charge on any atom is -0.479 e. The van der Waals surface area contributed by atoms with E-state index in [0.717, 1.165) is 45.9 Å². The van der Waals surface area contributed by atoms with Crippen molar-refractivity contribution >= 4 is 34.5 Å². The van der Waals surface area contributed by atoms with Crippen molar-refractivity contribution in [3.63, 3.8) is 0 Å². The fourth-order valence-electron chi connectivity index (χ4n) is 4.17. The molecule has 178 valence electrons. The van der Waals surface area contributed by atoms with Gasteiger partial charge in [-0.05, 0) is 61.9 Å². The van der Waals surface area contributed by atoms with Crippen LogP contribution in [-0.4, -0.2) is 29.4 Å². The Morgan fingerprint density at radius 1 is 1.26 bits per heavy atom. The molecule has 0 radical (unpaired) electrons. The lowest BCUT2D eigenvalue weighted by atomic mass is 9.98. The summed E-state index contributed by atoms with van der Waals surface area (Å²) in [4.78, 5) is 32.5. The van der Waals surface area contributed by atoms with Crippen LogP contribution in [0, 0.1) is 6.92 Å². The van der Waals surface area contributed by atoms with Gasteiger partial charge in [0.05, 0.1) is 16.4 Å². The van der Waals surface area contributed by atoms with Gasteiger partial charge < -0.3 is 10.1 Å². The monoisotopic (exact) mass is 477 g/mol. The number of amides is 2. The second-order valence-corrected chi connectivity index (χ2v) is 9.93. The molecule has 0 aliphatic carbocycles. The van der Waals surface area contributed by atoms with Crippen molar-refractivity contribution in [3.8, 4) is 17.0 Å². The van der Waals surface area contributed by atoms with Crippen molar-refractivity contribution in [2.45, 2.75) is 59.5 Å². The number of nitrogens with zero attached hydrogens (tertiary/aromatic N) is 2. The van der Waals surface area contributed by atoms with E-state index in [9.17, 15) is 9.59 Å². The topological polar surface area (TPSA) is 71.5 Å². The number of aryl methyl sites for hydroxylation is 2. The minimum atomic E-state index is -0.661. The third-order valence-electron chi connectivity index (χ3n) is 5.97. The fourth-order valence-corrected chi connectivity index (χ4v) is 5.08. The number of thiazole rings is 1. The number of benzene rings is 2. The van der Waals surface area contributed by atoms with E-state index < -0.39 is 6.10 Å². The average Bonchev–Trinajstić information content (AvgIpc) is 3.27. The van der Waals surface area contributed by atoms with Gasteiger partial charge in [-0.15, -0.1) is 11.3 Å². The first-order valence-corrected chi connectivity index (χ1v) is 12.6. The van der Waals surface area contributed by atoms with Crippen LogP contribution >= 0.6 is 11.3 Å². The number of hydrogen-bond acceptors (Lipinski definition) is 5. The lowest BCUT2D eigenvalue weighted by Crippen LogP contribution is -2.47. The van der Waals surface area contributed by atoms with E-state index in [1.807, 2.05) is 48.7 Å². The number of carbonyl (C=O) groups excluding carboxylic acids is 2. The molecule has 1 aliphatic heterocycles. The highest BCUT2D eigenvalue weighted by Crippen LogP contribution is 2.38. The van der Waals surface area contributed by atoms with Gasteiger partial charge in [-0.2, -0.15) is 0 Å². The van der Waals surface area contributed by atoms with Crippen molar-refractivity contribution in [1.29, 1.82) is 0 Å². The van der Waals surface area contributed by atoms with E-state index in [0.29, 0.717) is 11.4 Å². The third kappa shape index (κ3) is 4.85. The summed E-state index contributed by atoms with van der Waals surface area (Å²) in [6.45, 7) is 9.92. The van der Waals surface area contributed by atoms with Crippen molar-refractivity contribution in [1.82, 2.24) is 4.98 Å². The molecule has 1 aromatic heterocycles. The van der Waals surface area contributed by atoms with Gasteiger partial charge in [-0.3, -0.25) is 14.5 Å². The molecule has 6 nitrogen and oxygen atoms in total. The predicted molar refractivity (Wildman–Crippen MR) is 138 cm³/mol. The zero-order chi connectivity index (χ0) is 24.4. The Labute approximate surface area is 205 Å². The van der Waals surface area contributed by atoms with Crippen LogP contribution in [0.4, 0.5) is 11.4 Å². The van der Waals surface area contributed by atoms with Crippen molar-refractivity contribution < 1.29 is 14.3 Å². The van der Waals surface area contributed by atoms with Crippen LogP contribution in [0.25, 0.3) is 11.3 Å². The number of fused-ring (bicyclic) bond motifs is 1. The summed E-state index contributed by atoms with van der Waals surface area (Å²) >= 11 is 1.64. The summed E-state index contributed by atoms with van der Waals surface area (Å²) in [5.41, 5.74) is 5.24. The first-order valence-electron chi connectivity index (χ1n) is 11.7. The maximum atomic E-state index is 13.1. The number of anilines is 2. The van der Waals surface area contributed by atoms with Gasteiger partial charge in [-0.25, -0.2) is 4.98 Å². The van der Waals surface area contributed by atoms with Crippen LogP contribution in [0.5, 0.6) is 5.75 Å². The Kier molecular flexibility index (Phi) is 7.03. The average molecular weight is 478 g/mol. The van der Waals surface area contributed by atoms with E-state index >= 15 is 0 Å². The van der Waals surface area contributed by atoms with Crippen molar-refractivity contribution in [2.24, 2.45) is 0 Å². The molecule has 7 heteroatoms. The number of ether oxygens (including phenoxy) is 1. The first kappa shape index (κ1) is 24.0. The molecule has 34 heavy (non-hydrogen) atoms. The highest BCUT2D eigenvalue weighted by atomic mass is 32.1. The van der Waals surface area contributed by atoms with Crippen LogP contribution in [0.2, 0.25) is 0 Å². The smallest absolute Gasteiger partial charge is 0.268 e. The molecule has 0 saturated heterocycles. The molecule has 0 fully saturated rings. The Morgan fingerprint density at radius 3 is 2.79 bits per heavy atom. The van der Waals surface area contributed by atoms with E-state index in [4.69, 9.17) is 9.72 Å². The predicted octanol–water partition coefficient (Wildman–Crippen LogP) is 5.95. The first-order chi connectivity index (χ1) is 16.3. The van der Waals surface area contributed by atoms with Crippen molar-refractivity contribution in [2.75, 3.05) is 16.8 Å². The number of para-hydroxylation sites is 1. The van der Waals surface area contributed by atoms with Gasteiger partial charge >= 0.3 is 0 Å². The molecule has 3 aromatic rings. The maximum Gasteiger partial charge on any atom is 0.268 e. The van der Waals surface area contributed by atoms with Crippen LogP contribution < -0.4 is 15.0 Å². The largest absolute Gasteiger partial charge is 0.479 e. The van der Waals surface area contributed by atoms with Crippen molar-refractivity contribution in [3.05, 3.63) is 57.9 Å². The van der Waals surface area contributed by atoms with E-state index in [1.165, 1.54) is 4.90 Å². The second kappa shape index (κ2) is 9.97. The molecule has 0 spiro atoms. The molecule has 2 heterocycles. The number of nitrogens with one attached hydrogen (secondary N) is 1. The molecule has 0 saturated carbocycles. The summed E-state index contributed by atoms with van der Waals surface area (Å²) in [6.07, 6.45) is 1.32. The summed E-state index contributed by atoms with van der Waals surface area (Å²) < 4.78 is 5.84. The molecule has 2 amide bonds. The highest BCUT2D eigenvalue weighted by Gasteiger charge is 2.33. The van der Waals surface area contributed by atoms with E-state index in [1.54, 1.807) is 18.3 Å². The SMILES string of the molecule is CCCc1nc(-c2ccc3c(c2)N(CC(=O)Nc2c(C)cccc2C(C)C)C(=O)C(C)O3)cs1. The van der Waals surface area contributed by atoms with Gasteiger partial charge in [0.25, 0.3) is 5.91 Å². The zero-order valence-corrected chi connectivity index (χ0v) is 21.2. The number of carbonyl (C=O) groups is 2. The van der Waals surface area contributed by atoms with Crippen LogP contribution in [0.3, 0.4) is 0 Å². The molecule has 1 aliphatic rings. The van der Waals surface area contributed by atoms with Gasteiger partial charge in [-0.1, -0.05) is 39.0 Å². The Bertz CT molecular complexity index is 1220. The molecule has 0 bridgehead atoms. The molecule has 1 unspecified atom stereocenters. The summed E-state index contributed by atoms with van der Waals surface area (Å²) in [7, 11) is 0. The quantitative estimate of drug-likeness (QED) is 0.457. The molecule has 1 atom stereocenters. The molecule has 4 rings (SSSR count). The summed E-state index contributed by atoms with van der Waals surface area (Å²) in [6, 6.07) is 11.7. The highest BCUT2D eigenvalue weighted by molar-refractivity contribution is 7.09. The van der Waals surface area contributed by atoms with Crippen LogP contribution in [-0.2, 0) is 16.0 Å². The van der Waals surface area contributed by atoms with E-state index in [2.05, 4.69) is 26.1 Å². The molecule has 1 N–H and O–H groups in total. The molecular weight excluding hydrogens is 446 g/mol. The minimum absolute atomic E-state index is 0.0903. The van der Waals surface area contributed by atoms with Crippen LogP contribution in [0.15, 0.2) is 41.8 Å². The van der Waals surface area contributed by atoms with Gasteiger partial charge in [0.15, 0.2) is 6.10 Å². The van der Waals surface area contributed by atoms with Crippen LogP contribution in [0.1, 0.15) is 56.2 Å². The Morgan fingerprint density at radius 2 is 2.06 bits per heavy atom. The number of hydrogen-bond donors (Lipinski definition) is 1. The number of aromatic nitrogens is 1. The standard InChI is InChI=1S/C27H31N3O3S/c1-6-8-25-28-21(15-34-25)19-11-12-23-22(13-19)30(27(32)18(5)33-23)14-24(31)29-26-17(4)9-7-10-20(26)16(2)3/h7,9-13,15-16,18H,6,8,14H2,1-5H3,(H,29,31). The van der Waals surface area contributed by atoms with Gasteiger partial charge in [0.2, 0.25) is 5.91 Å². The van der Waals surface area contributed by atoms with E-state index in [-0.39, 0.29) is 24.3 Å². The summed E-state index contributed by atoms with van der Waals surface area (Å²) in [5, 5.41) is 6.17.